The third-order valence-corrected chi connectivity index (χ3v) is 7.21. The predicted octanol–water partition coefficient (Wildman–Crippen LogP) is 4.68. The van der Waals surface area contributed by atoms with Crippen LogP contribution >= 0.6 is 0 Å². The molecule has 1 fully saturated rings. The Bertz CT molecular complexity index is 1460. The van der Waals surface area contributed by atoms with Crippen LogP contribution in [-0.4, -0.2) is 45.4 Å². The molecule has 8 heteroatoms. The molecule has 34 heavy (non-hydrogen) atoms. The molecule has 0 amide bonds. The summed E-state index contributed by atoms with van der Waals surface area (Å²) in [7, 11) is -3.42. The Kier molecular flexibility index (Phi) is 5.79. The summed E-state index contributed by atoms with van der Waals surface area (Å²) >= 11 is 0. The number of sulfone groups is 1. The van der Waals surface area contributed by atoms with E-state index < -0.39 is 9.84 Å². The summed E-state index contributed by atoms with van der Waals surface area (Å²) in [6.07, 6.45) is 1.20. The quantitative estimate of drug-likeness (QED) is 0.450. The maximum atomic E-state index is 14.1. The van der Waals surface area contributed by atoms with Gasteiger partial charge < -0.3 is 15.0 Å². The SMILES string of the molecule is Cc1ccc(F)cc1Oc1c(N2CCNCC2)c2ccc(S(C)(=O)=O)cc2n1-c1ccccc1. The van der Waals surface area contributed by atoms with E-state index in [9.17, 15) is 12.8 Å². The van der Waals surface area contributed by atoms with E-state index in [4.69, 9.17) is 4.74 Å². The number of rotatable bonds is 5. The average Bonchev–Trinajstić information content (AvgIpc) is 3.15. The topological polar surface area (TPSA) is 63.6 Å². The molecule has 0 bridgehead atoms. The fourth-order valence-electron chi connectivity index (χ4n) is 4.37. The molecular formula is C26H26FN3O3S. The molecule has 1 aliphatic rings. The molecule has 0 saturated carbocycles. The number of fused-ring (bicyclic) bond motifs is 1. The van der Waals surface area contributed by atoms with E-state index in [1.54, 1.807) is 18.2 Å². The summed E-state index contributed by atoms with van der Waals surface area (Å²) in [6, 6.07) is 19.3. The highest BCUT2D eigenvalue weighted by Crippen LogP contribution is 2.45. The van der Waals surface area contributed by atoms with Crippen molar-refractivity contribution < 1.29 is 17.5 Å². The molecule has 3 aromatic carbocycles. The van der Waals surface area contributed by atoms with E-state index in [2.05, 4.69) is 10.2 Å². The van der Waals surface area contributed by atoms with Gasteiger partial charge in [0.05, 0.1) is 10.4 Å². The first-order valence-electron chi connectivity index (χ1n) is 11.2. The average molecular weight is 480 g/mol. The number of hydrogen-bond acceptors (Lipinski definition) is 5. The van der Waals surface area contributed by atoms with Crippen LogP contribution < -0.4 is 15.0 Å². The van der Waals surface area contributed by atoms with E-state index in [1.165, 1.54) is 18.4 Å². The van der Waals surface area contributed by atoms with Crippen molar-refractivity contribution in [3.63, 3.8) is 0 Å². The highest BCUT2D eigenvalue weighted by atomic mass is 32.2. The van der Waals surface area contributed by atoms with Crippen molar-refractivity contribution in [1.82, 2.24) is 9.88 Å². The van der Waals surface area contributed by atoms with Crippen LogP contribution in [0.4, 0.5) is 10.1 Å². The van der Waals surface area contributed by atoms with Crippen LogP contribution in [-0.2, 0) is 9.84 Å². The zero-order valence-electron chi connectivity index (χ0n) is 19.1. The molecule has 176 valence electrons. The van der Waals surface area contributed by atoms with Crippen LogP contribution in [0.25, 0.3) is 16.6 Å². The fraction of sp³-hybridized carbons (Fsp3) is 0.231. The van der Waals surface area contributed by atoms with Crippen molar-refractivity contribution in [2.24, 2.45) is 0 Å². The van der Waals surface area contributed by atoms with Crippen LogP contribution in [0.15, 0.2) is 71.6 Å². The van der Waals surface area contributed by atoms with Crippen molar-refractivity contribution in [1.29, 1.82) is 0 Å². The lowest BCUT2D eigenvalue weighted by molar-refractivity contribution is 0.444. The minimum atomic E-state index is -3.42. The Labute approximate surface area is 198 Å². The second-order valence-electron chi connectivity index (χ2n) is 8.52. The van der Waals surface area contributed by atoms with Gasteiger partial charge in [0, 0.05) is 49.6 Å². The maximum absolute atomic E-state index is 14.1. The Morgan fingerprint density at radius 1 is 0.971 bits per heavy atom. The first kappa shape index (κ1) is 22.4. The van der Waals surface area contributed by atoms with Crippen LogP contribution in [0.5, 0.6) is 11.6 Å². The number of halogens is 1. The minimum absolute atomic E-state index is 0.232. The molecule has 1 aliphatic heterocycles. The first-order valence-corrected chi connectivity index (χ1v) is 13.1. The number of para-hydroxylation sites is 1. The number of nitrogens with zero attached hydrogens (tertiary/aromatic N) is 2. The van der Waals surface area contributed by atoms with Gasteiger partial charge >= 0.3 is 0 Å². The van der Waals surface area contributed by atoms with Crippen molar-refractivity contribution in [2.75, 3.05) is 37.3 Å². The summed E-state index contributed by atoms with van der Waals surface area (Å²) in [4.78, 5) is 2.47. The monoisotopic (exact) mass is 479 g/mol. The Hall–Kier alpha value is -3.36. The maximum Gasteiger partial charge on any atom is 0.229 e. The zero-order chi connectivity index (χ0) is 23.9. The van der Waals surface area contributed by atoms with Gasteiger partial charge in [-0.05, 0) is 48.9 Å². The lowest BCUT2D eigenvalue weighted by Crippen LogP contribution is -2.43. The minimum Gasteiger partial charge on any atom is -0.438 e. The van der Waals surface area contributed by atoms with Gasteiger partial charge in [-0.2, -0.15) is 0 Å². The molecule has 1 N–H and O–H groups in total. The summed E-state index contributed by atoms with van der Waals surface area (Å²) in [5.41, 5.74) is 3.20. The zero-order valence-corrected chi connectivity index (χ0v) is 19.9. The van der Waals surface area contributed by atoms with E-state index in [-0.39, 0.29) is 10.7 Å². The standard InChI is InChI=1S/C26H26FN3O3S/c1-18-8-9-19(27)16-24(18)33-26-25(29-14-12-28-13-15-29)22-11-10-21(34(2,31)32)17-23(22)30(26)20-6-4-3-5-7-20/h3-11,16-17,28H,12-15H2,1-2H3. The Morgan fingerprint density at radius 3 is 2.41 bits per heavy atom. The molecule has 0 unspecified atom stereocenters. The molecule has 6 nitrogen and oxygen atoms in total. The van der Waals surface area contributed by atoms with Crippen molar-refractivity contribution in [3.05, 3.63) is 78.1 Å². The number of aryl methyl sites for hydroxylation is 1. The number of hydrogen-bond donors (Lipinski definition) is 1. The second kappa shape index (κ2) is 8.77. The van der Waals surface area contributed by atoms with Crippen LogP contribution in [0.2, 0.25) is 0 Å². The lowest BCUT2D eigenvalue weighted by Gasteiger charge is -2.30. The van der Waals surface area contributed by atoms with E-state index in [1.807, 2.05) is 47.9 Å². The highest BCUT2D eigenvalue weighted by Gasteiger charge is 2.27. The molecule has 2 heterocycles. The molecule has 0 spiro atoms. The molecule has 1 saturated heterocycles. The van der Waals surface area contributed by atoms with Crippen LogP contribution in [0, 0.1) is 12.7 Å². The summed E-state index contributed by atoms with van der Waals surface area (Å²) in [6.45, 7) is 5.03. The number of aromatic nitrogens is 1. The molecule has 0 aliphatic carbocycles. The summed E-state index contributed by atoms with van der Waals surface area (Å²) < 4.78 is 47.3. The molecule has 5 rings (SSSR count). The summed E-state index contributed by atoms with van der Waals surface area (Å²) in [5, 5.41) is 4.24. The largest absolute Gasteiger partial charge is 0.438 e. The van der Waals surface area contributed by atoms with Gasteiger partial charge in [-0.25, -0.2) is 12.8 Å². The third-order valence-electron chi connectivity index (χ3n) is 6.10. The first-order chi connectivity index (χ1) is 16.3. The van der Waals surface area contributed by atoms with Gasteiger partial charge in [0.2, 0.25) is 5.88 Å². The van der Waals surface area contributed by atoms with Crippen molar-refractivity contribution >= 4 is 26.4 Å². The number of benzene rings is 3. The van der Waals surface area contributed by atoms with E-state index >= 15 is 0 Å². The highest BCUT2D eigenvalue weighted by molar-refractivity contribution is 7.90. The second-order valence-corrected chi connectivity index (χ2v) is 10.5. The molecule has 4 aromatic rings. The molecule has 0 radical (unpaired) electrons. The fourth-order valence-corrected chi connectivity index (χ4v) is 5.01. The van der Waals surface area contributed by atoms with Crippen molar-refractivity contribution in [2.45, 2.75) is 11.8 Å². The van der Waals surface area contributed by atoms with Gasteiger partial charge in [-0.15, -0.1) is 0 Å². The molecule has 0 atom stereocenters. The smallest absolute Gasteiger partial charge is 0.229 e. The number of nitrogens with one attached hydrogen (secondary N) is 1. The lowest BCUT2D eigenvalue weighted by atomic mass is 10.2. The van der Waals surface area contributed by atoms with Gasteiger partial charge in [0.25, 0.3) is 0 Å². The normalized spacial score (nSPS) is 14.5. The van der Waals surface area contributed by atoms with Gasteiger partial charge in [-0.1, -0.05) is 24.3 Å². The Balaban J connectivity index is 1.84. The molecule has 1 aromatic heterocycles. The Morgan fingerprint density at radius 2 is 1.71 bits per heavy atom. The van der Waals surface area contributed by atoms with E-state index in [0.717, 1.165) is 48.5 Å². The number of anilines is 1. The summed E-state index contributed by atoms with van der Waals surface area (Å²) in [5.74, 6) is 0.563. The van der Waals surface area contributed by atoms with Crippen molar-refractivity contribution in [3.8, 4) is 17.3 Å². The van der Waals surface area contributed by atoms with Gasteiger partial charge in [0.15, 0.2) is 9.84 Å². The van der Waals surface area contributed by atoms with Gasteiger partial charge in [-0.3, -0.25) is 4.57 Å². The van der Waals surface area contributed by atoms with E-state index in [0.29, 0.717) is 17.1 Å². The third kappa shape index (κ3) is 4.15. The van der Waals surface area contributed by atoms with Crippen LogP contribution in [0.1, 0.15) is 5.56 Å². The predicted molar refractivity (Wildman–Crippen MR) is 133 cm³/mol. The van der Waals surface area contributed by atoms with Gasteiger partial charge in [0.1, 0.15) is 17.3 Å². The van der Waals surface area contributed by atoms with Crippen LogP contribution in [0.3, 0.4) is 0 Å². The number of piperazine rings is 1. The number of ether oxygens (including phenoxy) is 1. The molecular weight excluding hydrogens is 453 g/mol.